The molecule has 1 fully saturated rings. The lowest BCUT2D eigenvalue weighted by Crippen LogP contribution is -2.31. The second-order valence-corrected chi connectivity index (χ2v) is 8.98. The van der Waals surface area contributed by atoms with Gasteiger partial charge in [0, 0.05) is 33.0 Å². The first-order valence-corrected chi connectivity index (χ1v) is 12.2. The Morgan fingerprint density at radius 2 is 1.69 bits per heavy atom. The molecule has 3 rings (SSSR count). The number of aromatic hydroxyl groups is 1. The van der Waals surface area contributed by atoms with Crippen LogP contribution in [0.3, 0.4) is 0 Å². The number of phenols is 1. The Morgan fingerprint density at radius 3 is 2.29 bits per heavy atom. The first-order chi connectivity index (χ1) is 16.8. The van der Waals surface area contributed by atoms with Crippen LogP contribution >= 0.6 is 0 Å². The molecule has 190 valence electrons. The van der Waals surface area contributed by atoms with E-state index >= 15 is 0 Å². The van der Waals surface area contributed by atoms with Gasteiger partial charge in [0.2, 0.25) is 0 Å². The van der Waals surface area contributed by atoms with Crippen LogP contribution in [0.4, 0.5) is 4.79 Å². The van der Waals surface area contributed by atoms with Gasteiger partial charge in [-0.25, -0.2) is 9.59 Å². The lowest BCUT2D eigenvalue weighted by molar-refractivity contribution is -0.154. The van der Waals surface area contributed by atoms with E-state index in [1.165, 1.54) is 0 Å². The Morgan fingerprint density at radius 1 is 1.06 bits per heavy atom. The van der Waals surface area contributed by atoms with Gasteiger partial charge in [0.1, 0.15) is 11.5 Å². The number of nitrogens with zero attached hydrogens (tertiary/aromatic N) is 2. The predicted octanol–water partition coefficient (Wildman–Crippen LogP) is 4.30. The maximum absolute atomic E-state index is 12.6. The Balaban J connectivity index is 1.47. The van der Waals surface area contributed by atoms with Crippen LogP contribution in [-0.4, -0.2) is 70.5 Å². The molecule has 2 aromatic rings. The molecule has 0 radical (unpaired) electrons. The minimum Gasteiger partial charge on any atom is -0.508 e. The molecule has 0 aliphatic carbocycles. The number of phenolic OH excluding ortho intramolecular Hbond substituents is 1. The fourth-order valence-electron chi connectivity index (χ4n) is 4.23. The zero-order chi connectivity index (χ0) is 25.4. The Labute approximate surface area is 207 Å². The van der Waals surface area contributed by atoms with E-state index in [2.05, 4.69) is 0 Å². The van der Waals surface area contributed by atoms with Crippen molar-refractivity contribution in [3.05, 3.63) is 59.7 Å². The van der Waals surface area contributed by atoms with Crippen LogP contribution in [0.15, 0.2) is 48.5 Å². The number of ether oxygens (including phenoxy) is 2. The zero-order valence-corrected chi connectivity index (χ0v) is 20.7. The number of hydrogen-bond acceptors (Lipinski definition) is 5. The molecule has 1 heterocycles. The van der Waals surface area contributed by atoms with Crippen LogP contribution in [-0.2, 0) is 22.5 Å². The second kappa shape index (κ2) is 12.4. The van der Waals surface area contributed by atoms with Gasteiger partial charge in [-0.2, -0.15) is 0 Å². The van der Waals surface area contributed by atoms with E-state index in [0.29, 0.717) is 38.3 Å². The van der Waals surface area contributed by atoms with Crippen molar-refractivity contribution in [2.75, 3.05) is 20.2 Å². The highest BCUT2D eigenvalue weighted by Crippen LogP contribution is 2.22. The second-order valence-electron chi connectivity index (χ2n) is 8.98. The highest BCUT2D eigenvalue weighted by atomic mass is 16.5. The van der Waals surface area contributed by atoms with Crippen LogP contribution in [0.5, 0.6) is 11.5 Å². The van der Waals surface area contributed by atoms with Gasteiger partial charge in [-0.05, 0) is 48.2 Å². The van der Waals surface area contributed by atoms with Gasteiger partial charge in [0.05, 0.1) is 18.8 Å². The number of hydrogen-bond donors (Lipinski definition) is 2. The number of urea groups is 1. The maximum atomic E-state index is 12.6. The molecule has 1 aliphatic rings. The summed E-state index contributed by atoms with van der Waals surface area (Å²) in [6.45, 7) is 5.56. The van der Waals surface area contributed by atoms with Crippen molar-refractivity contribution < 1.29 is 29.3 Å². The minimum absolute atomic E-state index is 0.0176. The molecular formula is C27H36N2O6. The Kier molecular flexibility index (Phi) is 9.37. The average molecular weight is 485 g/mol. The molecule has 0 spiro atoms. The molecule has 0 bridgehead atoms. The summed E-state index contributed by atoms with van der Waals surface area (Å²) in [5.41, 5.74) is 1.85. The number of carbonyl (C=O) groups excluding carboxylic acids is 1. The molecule has 2 atom stereocenters. The third-order valence-electron chi connectivity index (χ3n) is 6.47. The molecule has 35 heavy (non-hydrogen) atoms. The summed E-state index contributed by atoms with van der Waals surface area (Å²) in [6, 6.07) is 14.3. The van der Waals surface area contributed by atoms with E-state index in [9.17, 15) is 19.8 Å². The molecule has 1 aliphatic heterocycles. The van der Waals surface area contributed by atoms with Gasteiger partial charge >= 0.3 is 12.0 Å². The van der Waals surface area contributed by atoms with Crippen molar-refractivity contribution >= 4 is 12.0 Å². The van der Waals surface area contributed by atoms with Crippen molar-refractivity contribution in [2.24, 2.45) is 0 Å². The van der Waals surface area contributed by atoms with E-state index in [-0.39, 0.29) is 23.9 Å². The molecule has 8 nitrogen and oxygen atoms in total. The van der Waals surface area contributed by atoms with Gasteiger partial charge in [-0.1, -0.05) is 38.1 Å². The number of likely N-dealkylation sites (N-methyl/N-ethyl adjacent to an activating group) is 1. The highest BCUT2D eigenvalue weighted by molar-refractivity contribution is 5.77. The molecule has 8 heteroatoms. The van der Waals surface area contributed by atoms with E-state index in [4.69, 9.17) is 9.47 Å². The number of benzene rings is 2. The summed E-state index contributed by atoms with van der Waals surface area (Å²) in [7, 11) is 1.81. The number of carboxylic acids is 1. The van der Waals surface area contributed by atoms with Crippen molar-refractivity contribution in [3.8, 4) is 11.5 Å². The molecule has 2 amide bonds. The number of amides is 2. The van der Waals surface area contributed by atoms with E-state index < -0.39 is 12.1 Å². The number of aliphatic carboxylic acids is 1. The molecular weight excluding hydrogens is 448 g/mol. The van der Waals surface area contributed by atoms with Gasteiger partial charge < -0.3 is 29.5 Å². The monoisotopic (exact) mass is 484 g/mol. The summed E-state index contributed by atoms with van der Waals surface area (Å²) in [6.07, 6.45) is 1.63. The fraction of sp³-hybridized carbons (Fsp3) is 0.481. The summed E-state index contributed by atoms with van der Waals surface area (Å²) in [5.74, 6) is -0.0419. The summed E-state index contributed by atoms with van der Waals surface area (Å²) in [4.78, 5) is 27.8. The van der Waals surface area contributed by atoms with Crippen molar-refractivity contribution in [2.45, 2.75) is 64.3 Å². The topological polar surface area (TPSA) is 99.5 Å². The van der Waals surface area contributed by atoms with Crippen molar-refractivity contribution in [3.63, 3.8) is 0 Å². The molecule has 2 aromatic carbocycles. The van der Waals surface area contributed by atoms with E-state index in [1.807, 2.05) is 50.2 Å². The van der Waals surface area contributed by atoms with Crippen LogP contribution < -0.4 is 4.74 Å². The third-order valence-corrected chi connectivity index (χ3v) is 6.47. The molecule has 2 unspecified atom stereocenters. The molecule has 2 N–H and O–H groups in total. The zero-order valence-electron chi connectivity index (χ0n) is 20.7. The molecule has 0 saturated carbocycles. The third kappa shape index (κ3) is 7.36. The van der Waals surface area contributed by atoms with Crippen LogP contribution in [0, 0.1) is 0 Å². The minimum atomic E-state index is -0.952. The molecule has 1 saturated heterocycles. The Hall–Kier alpha value is -3.26. The van der Waals surface area contributed by atoms with Gasteiger partial charge in [-0.3, -0.25) is 0 Å². The standard InChI is InChI=1S/C27H36N2O6/c1-4-23(5-2)35-25(26(31)32)16-19-8-12-24(13-9-19)34-15-14-21-18-29(27(33)28(21)3)17-20-6-10-22(30)11-7-20/h6-13,21,23,25,30H,4-5,14-18H2,1-3H3,(H,31,32). The van der Waals surface area contributed by atoms with Crippen LogP contribution in [0.2, 0.25) is 0 Å². The van der Waals surface area contributed by atoms with Crippen molar-refractivity contribution in [1.29, 1.82) is 0 Å². The van der Waals surface area contributed by atoms with Gasteiger partial charge in [-0.15, -0.1) is 0 Å². The highest BCUT2D eigenvalue weighted by Gasteiger charge is 2.34. The van der Waals surface area contributed by atoms with Crippen LogP contribution in [0.1, 0.15) is 44.2 Å². The smallest absolute Gasteiger partial charge is 0.333 e. The van der Waals surface area contributed by atoms with Gasteiger partial charge in [0.25, 0.3) is 0 Å². The quantitative estimate of drug-likeness (QED) is 0.440. The Bertz CT molecular complexity index is 959. The predicted molar refractivity (Wildman–Crippen MR) is 133 cm³/mol. The SMILES string of the molecule is CCC(CC)OC(Cc1ccc(OCCC2CN(Cc3ccc(O)cc3)C(=O)N2C)cc1)C(=O)O. The number of carboxylic acid groups (broad SMARTS) is 1. The first-order valence-electron chi connectivity index (χ1n) is 12.2. The summed E-state index contributed by atoms with van der Waals surface area (Å²) in [5, 5.41) is 18.9. The van der Waals surface area contributed by atoms with Crippen LogP contribution in [0.25, 0.3) is 0 Å². The first kappa shape index (κ1) is 26.3. The number of rotatable bonds is 13. The summed E-state index contributed by atoms with van der Waals surface area (Å²) < 4.78 is 11.7. The normalized spacial score (nSPS) is 16.7. The fourth-order valence-corrected chi connectivity index (χ4v) is 4.23. The van der Waals surface area contributed by atoms with E-state index in [0.717, 1.165) is 24.0 Å². The lowest BCUT2D eigenvalue weighted by atomic mass is 10.1. The van der Waals surface area contributed by atoms with Crippen molar-refractivity contribution in [1.82, 2.24) is 9.80 Å². The average Bonchev–Trinajstić information content (AvgIpc) is 3.11. The summed E-state index contributed by atoms with van der Waals surface area (Å²) >= 11 is 0. The number of carbonyl (C=O) groups is 2. The van der Waals surface area contributed by atoms with Gasteiger partial charge in [0.15, 0.2) is 6.10 Å². The largest absolute Gasteiger partial charge is 0.508 e. The van der Waals surface area contributed by atoms with E-state index in [1.54, 1.807) is 29.0 Å². The maximum Gasteiger partial charge on any atom is 0.333 e. The lowest BCUT2D eigenvalue weighted by Gasteiger charge is -2.20. The molecule has 0 aromatic heterocycles.